The van der Waals surface area contributed by atoms with E-state index >= 15 is 0 Å². The third-order valence-electron chi connectivity index (χ3n) is 6.29. The first-order valence-electron chi connectivity index (χ1n) is 11.9. The van der Waals surface area contributed by atoms with Crippen molar-refractivity contribution >= 4 is 23.5 Å². The number of aliphatic hydroxyl groups excluding tert-OH is 1. The van der Waals surface area contributed by atoms with Gasteiger partial charge in [-0.2, -0.15) is 0 Å². The number of hydrogen-bond acceptors (Lipinski definition) is 6. The van der Waals surface area contributed by atoms with Crippen LogP contribution in [0.2, 0.25) is 0 Å². The number of nitrogens with zero attached hydrogens (tertiary/aromatic N) is 3. The smallest absolute Gasteiger partial charge is 0.265 e. The first kappa shape index (κ1) is 24.9. The molecule has 2 heterocycles. The Labute approximate surface area is 197 Å². The third kappa shape index (κ3) is 6.18. The zero-order valence-corrected chi connectivity index (χ0v) is 20.1. The molecule has 0 aromatic heterocycles. The van der Waals surface area contributed by atoms with Crippen molar-refractivity contribution in [3.8, 4) is 0 Å². The second kappa shape index (κ2) is 11.9. The molecule has 1 aromatic carbocycles. The molecule has 1 atom stereocenters. The SMILES string of the molecule is C=C(C)C(/N=C(\C)C(=O)NCC1CCNCC1)=C(\N=C/C)N1CC(CCO)c2ccccc21. The average molecular weight is 452 g/mol. The number of para-hydroxylation sites is 1. The Hall–Kier alpha value is -2.77. The average Bonchev–Trinajstić information content (AvgIpc) is 3.18. The molecule has 0 radical (unpaired) electrons. The number of hydrogen-bond donors (Lipinski definition) is 3. The van der Waals surface area contributed by atoms with Crippen LogP contribution in [0.4, 0.5) is 5.69 Å². The molecule has 1 amide bonds. The van der Waals surface area contributed by atoms with Crippen molar-refractivity contribution < 1.29 is 9.90 Å². The van der Waals surface area contributed by atoms with E-state index in [0.717, 1.165) is 37.2 Å². The Morgan fingerprint density at radius 2 is 2.03 bits per heavy atom. The highest BCUT2D eigenvalue weighted by Gasteiger charge is 2.31. The van der Waals surface area contributed by atoms with Crippen LogP contribution in [0, 0.1) is 5.92 Å². The number of fused-ring (bicyclic) bond motifs is 1. The van der Waals surface area contributed by atoms with Crippen LogP contribution in [0.1, 0.15) is 51.5 Å². The molecule has 7 heteroatoms. The molecular weight excluding hydrogens is 414 g/mol. The molecule has 3 N–H and O–H groups in total. The zero-order chi connectivity index (χ0) is 23.8. The van der Waals surface area contributed by atoms with Gasteiger partial charge in [0.1, 0.15) is 11.4 Å². The maximum absolute atomic E-state index is 12.8. The predicted molar refractivity (Wildman–Crippen MR) is 136 cm³/mol. The normalized spacial score (nSPS) is 20.1. The summed E-state index contributed by atoms with van der Waals surface area (Å²) in [4.78, 5) is 24.3. The van der Waals surface area contributed by atoms with Gasteiger partial charge in [-0.15, -0.1) is 0 Å². The number of anilines is 1. The Balaban J connectivity index is 1.90. The van der Waals surface area contributed by atoms with Crippen LogP contribution in [-0.2, 0) is 4.79 Å². The van der Waals surface area contributed by atoms with Crippen molar-refractivity contribution in [2.75, 3.05) is 37.7 Å². The molecule has 1 saturated heterocycles. The number of aliphatic hydroxyl groups is 1. The molecular formula is C26H37N5O2. The van der Waals surface area contributed by atoms with Crippen molar-refractivity contribution in [3.05, 3.63) is 53.5 Å². The third-order valence-corrected chi connectivity index (χ3v) is 6.29. The number of rotatable bonds is 9. The van der Waals surface area contributed by atoms with Crippen LogP contribution in [0.3, 0.4) is 0 Å². The molecule has 0 spiro atoms. The van der Waals surface area contributed by atoms with Crippen molar-refractivity contribution in [2.24, 2.45) is 15.9 Å². The van der Waals surface area contributed by atoms with Gasteiger partial charge in [0.15, 0.2) is 5.82 Å². The standard InChI is InChI=1S/C26H37N5O2/c1-5-28-25(31-17-21(12-15-32)22-8-6-7-9-23(22)31)24(18(2)3)30-19(4)26(33)29-16-20-10-13-27-14-11-20/h5-9,20-21,27,32H,2,10-17H2,1,3-4H3,(H,29,33)/b25-24-,28-5-,30-19+. The van der Waals surface area contributed by atoms with E-state index in [-0.39, 0.29) is 18.4 Å². The van der Waals surface area contributed by atoms with Gasteiger partial charge in [0.2, 0.25) is 0 Å². The minimum absolute atomic E-state index is 0.130. The van der Waals surface area contributed by atoms with Gasteiger partial charge in [0.25, 0.3) is 5.91 Å². The van der Waals surface area contributed by atoms with E-state index in [1.807, 2.05) is 26.0 Å². The Morgan fingerprint density at radius 1 is 1.30 bits per heavy atom. The van der Waals surface area contributed by atoms with E-state index < -0.39 is 0 Å². The van der Waals surface area contributed by atoms with E-state index in [2.05, 4.69) is 39.2 Å². The Morgan fingerprint density at radius 3 is 2.70 bits per heavy atom. The van der Waals surface area contributed by atoms with Crippen LogP contribution in [-0.4, -0.2) is 55.7 Å². The summed E-state index contributed by atoms with van der Waals surface area (Å²) in [6.45, 7) is 13.1. The molecule has 178 valence electrons. The van der Waals surface area contributed by atoms with Crippen molar-refractivity contribution in [1.29, 1.82) is 0 Å². The second-order valence-electron chi connectivity index (χ2n) is 8.82. The molecule has 33 heavy (non-hydrogen) atoms. The van der Waals surface area contributed by atoms with Gasteiger partial charge < -0.3 is 20.6 Å². The summed E-state index contributed by atoms with van der Waals surface area (Å²) in [7, 11) is 0. The molecule has 1 aromatic rings. The number of piperidine rings is 1. The summed E-state index contributed by atoms with van der Waals surface area (Å²) in [5.41, 5.74) is 3.98. The summed E-state index contributed by atoms with van der Waals surface area (Å²) in [6, 6.07) is 8.19. The summed E-state index contributed by atoms with van der Waals surface area (Å²) in [5, 5.41) is 16.0. The molecule has 7 nitrogen and oxygen atoms in total. The highest BCUT2D eigenvalue weighted by molar-refractivity contribution is 6.38. The fourth-order valence-corrected chi connectivity index (χ4v) is 4.49. The molecule has 2 aliphatic heterocycles. The van der Waals surface area contributed by atoms with E-state index in [1.54, 1.807) is 13.1 Å². The Bertz CT molecular complexity index is 944. The topological polar surface area (TPSA) is 89.3 Å². The summed E-state index contributed by atoms with van der Waals surface area (Å²) in [6.07, 6.45) is 4.57. The van der Waals surface area contributed by atoms with Gasteiger partial charge in [-0.05, 0) is 76.2 Å². The maximum atomic E-state index is 12.8. The summed E-state index contributed by atoms with van der Waals surface area (Å²) in [5.74, 6) is 1.22. The summed E-state index contributed by atoms with van der Waals surface area (Å²) < 4.78 is 0. The number of nitrogens with one attached hydrogen (secondary N) is 2. The van der Waals surface area contributed by atoms with Crippen LogP contribution in [0.25, 0.3) is 0 Å². The lowest BCUT2D eigenvalue weighted by atomic mass is 9.98. The van der Waals surface area contributed by atoms with Gasteiger partial charge in [-0.3, -0.25) is 4.79 Å². The van der Waals surface area contributed by atoms with Crippen LogP contribution in [0.15, 0.2) is 57.9 Å². The molecule has 3 rings (SSSR count). The first-order chi connectivity index (χ1) is 16.0. The monoisotopic (exact) mass is 451 g/mol. The first-order valence-corrected chi connectivity index (χ1v) is 11.9. The molecule has 1 unspecified atom stereocenters. The van der Waals surface area contributed by atoms with Gasteiger partial charge in [-0.1, -0.05) is 24.8 Å². The lowest BCUT2D eigenvalue weighted by molar-refractivity contribution is -0.115. The molecule has 0 saturated carbocycles. The minimum Gasteiger partial charge on any atom is -0.396 e. The van der Waals surface area contributed by atoms with E-state index in [4.69, 9.17) is 4.99 Å². The number of carbonyl (C=O) groups is 1. The molecule has 0 aliphatic carbocycles. The number of carbonyl (C=O) groups excluding carboxylic acids is 1. The zero-order valence-electron chi connectivity index (χ0n) is 20.1. The quantitative estimate of drug-likeness (QED) is 0.397. The lowest BCUT2D eigenvalue weighted by Gasteiger charge is -2.23. The van der Waals surface area contributed by atoms with E-state index in [1.165, 1.54) is 5.56 Å². The largest absolute Gasteiger partial charge is 0.396 e. The van der Waals surface area contributed by atoms with Crippen LogP contribution < -0.4 is 15.5 Å². The predicted octanol–water partition coefficient (Wildman–Crippen LogP) is 3.39. The minimum atomic E-state index is -0.160. The van der Waals surface area contributed by atoms with Crippen molar-refractivity contribution in [3.63, 3.8) is 0 Å². The van der Waals surface area contributed by atoms with Gasteiger partial charge in [-0.25, -0.2) is 9.98 Å². The van der Waals surface area contributed by atoms with E-state index in [9.17, 15) is 9.90 Å². The second-order valence-corrected chi connectivity index (χ2v) is 8.82. The van der Waals surface area contributed by atoms with Crippen molar-refractivity contribution in [2.45, 2.75) is 46.0 Å². The fourth-order valence-electron chi connectivity index (χ4n) is 4.49. The number of allylic oxidation sites excluding steroid dienone is 1. The van der Waals surface area contributed by atoms with Gasteiger partial charge in [0.05, 0.1) is 0 Å². The van der Waals surface area contributed by atoms with Crippen LogP contribution >= 0.6 is 0 Å². The number of amides is 1. The number of aliphatic imine (C=N–C) groups is 2. The molecule has 0 bridgehead atoms. The number of benzene rings is 1. The van der Waals surface area contributed by atoms with Gasteiger partial charge >= 0.3 is 0 Å². The highest BCUT2D eigenvalue weighted by atomic mass is 16.3. The fraction of sp³-hybridized carbons (Fsp3) is 0.500. The summed E-state index contributed by atoms with van der Waals surface area (Å²) >= 11 is 0. The maximum Gasteiger partial charge on any atom is 0.265 e. The molecule has 1 fully saturated rings. The molecule has 2 aliphatic rings. The van der Waals surface area contributed by atoms with Gasteiger partial charge in [0, 0.05) is 37.5 Å². The highest BCUT2D eigenvalue weighted by Crippen LogP contribution is 2.41. The Kier molecular flexibility index (Phi) is 8.97. The van der Waals surface area contributed by atoms with Crippen LogP contribution in [0.5, 0.6) is 0 Å². The van der Waals surface area contributed by atoms with Crippen molar-refractivity contribution in [1.82, 2.24) is 10.6 Å². The van der Waals surface area contributed by atoms with E-state index in [0.29, 0.717) is 42.7 Å². The lowest BCUT2D eigenvalue weighted by Crippen LogP contribution is -2.38.